The fourth-order valence-electron chi connectivity index (χ4n) is 5.37. The third kappa shape index (κ3) is 4.82. The molecule has 0 aliphatic rings. The molecule has 1 heterocycles. The monoisotopic (exact) mass is 530 g/mol. The molecule has 0 spiro atoms. The van der Waals surface area contributed by atoms with Crippen LogP contribution < -0.4 is 15.6 Å². The SMILES string of the molecule is C#C/C=C\C(=C/C)N(c1ccccc1)c1ccc2c(c1)c1cc(N(c3ccccc3)c3ccccc3)ccc1n2N. The van der Waals surface area contributed by atoms with Crippen molar-refractivity contribution >= 4 is 50.2 Å². The Hall–Kier alpha value is -5.66. The highest BCUT2D eigenvalue weighted by Gasteiger charge is 2.18. The van der Waals surface area contributed by atoms with Gasteiger partial charge in [-0.25, -0.2) is 0 Å². The van der Waals surface area contributed by atoms with Gasteiger partial charge in [0.15, 0.2) is 0 Å². The highest BCUT2D eigenvalue weighted by Crippen LogP contribution is 2.40. The Labute approximate surface area is 240 Å². The van der Waals surface area contributed by atoms with Crippen LogP contribution in [0.2, 0.25) is 0 Å². The molecule has 0 radical (unpaired) electrons. The molecule has 0 unspecified atom stereocenters. The van der Waals surface area contributed by atoms with Gasteiger partial charge in [0.1, 0.15) is 0 Å². The van der Waals surface area contributed by atoms with Gasteiger partial charge in [-0.05, 0) is 91.9 Å². The van der Waals surface area contributed by atoms with Crippen molar-refractivity contribution in [1.82, 2.24) is 4.68 Å². The van der Waals surface area contributed by atoms with Crippen LogP contribution >= 0.6 is 0 Å². The minimum Gasteiger partial charge on any atom is -0.339 e. The molecule has 41 heavy (non-hydrogen) atoms. The van der Waals surface area contributed by atoms with Gasteiger partial charge in [0.2, 0.25) is 0 Å². The molecule has 0 saturated heterocycles. The minimum atomic E-state index is 0.959. The summed E-state index contributed by atoms with van der Waals surface area (Å²) in [6, 6.07) is 44.0. The standard InChI is InChI=1S/C37H30N4/c1-3-5-15-28(4-2)39(29-16-9-6-10-17-29)32-22-24-36-34(26-32)35-27-33(23-25-37(35)41(36)38)40(30-18-11-7-12-19-30)31-20-13-8-14-21-31/h1,4-27H,38H2,2H3/b15-5-,28-4+. The number of nitrogens with two attached hydrogens (primary N) is 1. The second kappa shape index (κ2) is 11.2. The summed E-state index contributed by atoms with van der Waals surface area (Å²) in [6.45, 7) is 2.02. The van der Waals surface area contributed by atoms with Gasteiger partial charge in [-0.1, -0.05) is 66.6 Å². The zero-order valence-corrected chi connectivity index (χ0v) is 22.9. The molecule has 0 atom stereocenters. The summed E-state index contributed by atoms with van der Waals surface area (Å²) in [6.07, 6.45) is 11.3. The number of para-hydroxylation sites is 3. The Kier molecular flexibility index (Phi) is 7.01. The number of fused-ring (bicyclic) bond motifs is 3. The average molecular weight is 531 g/mol. The van der Waals surface area contributed by atoms with Crippen LogP contribution in [0.3, 0.4) is 0 Å². The van der Waals surface area contributed by atoms with Gasteiger partial charge in [0.05, 0.1) is 11.0 Å². The maximum Gasteiger partial charge on any atom is 0.0705 e. The molecule has 4 nitrogen and oxygen atoms in total. The van der Waals surface area contributed by atoms with Crippen LogP contribution in [0.15, 0.2) is 151 Å². The van der Waals surface area contributed by atoms with E-state index in [1.54, 1.807) is 10.8 Å². The van der Waals surface area contributed by atoms with Crippen molar-refractivity contribution in [3.8, 4) is 12.3 Å². The molecule has 0 saturated carbocycles. The van der Waals surface area contributed by atoms with Gasteiger partial charge < -0.3 is 15.6 Å². The van der Waals surface area contributed by atoms with E-state index in [4.69, 9.17) is 12.3 Å². The summed E-state index contributed by atoms with van der Waals surface area (Å²) >= 11 is 0. The Morgan fingerprint density at radius 1 is 0.659 bits per heavy atom. The van der Waals surface area contributed by atoms with Crippen molar-refractivity contribution in [3.05, 3.63) is 151 Å². The number of rotatable bonds is 7. The fraction of sp³-hybridized carbons (Fsp3) is 0.0270. The largest absolute Gasteiger partial charge is 0.339 e. The van der Waals surface area contributed by atoms with Crippen LogP contribution in [0.25, 0.3) is 21.8 Å². The van der Waals surface area contributed by atoms with E-state index in [0.29, 0.717) is 0 Å². The number of hydrogen-bond donors (Lipinski definition) is 1. The van der Waals surface area contributed by atoms with E-state index < -0.39 is 0 Å². The number of aromatic nitrogens is 1. The van der Waals surface area contributed by atoms with Crippen molar-refractivity contribution < 1.29 is 0 Å². The molecule has 1 aromatic heterocycles. The van der Waals surface area contributed by atoms with E-state index in [-0.39, 0.29) is 0 Å². The van der Waals surface area contributed by atoms with Crippen molar-refractivity contribution in [2.45, 2.75) is 6.92 Å². The van der Waals surface area contributed by atoms with Crippen LogP contribution in [0, 0.1) is 12.3 Å². The summed E-state index contributed by atoms with van der Waals surface area (Å²) in [7, 11) is 0. The maximum absolute atomic E-state index is 6.66. The predicted octanol–water partition coefficient (Wildman–Crippen LogP) is 9.21. The van der Waals surface area contributed by atoms with E-state index in [0.717, 1.165) is 55.9 Å². The zero-order valence-electron chi connectivity index (χ0n) is 22.9. The molecule has 0 amide bonds. The third-order valence-corrected chi connectivity index (χ3v) is 7.23. The zero-order chi connectivity index (χ0) is 28.2. The normalized spacial score (nSPS) is 11.7. The lowest BCUT2D eigenvalue weighted by Crippen LogP contribution is -2.15. The van der Waals surface area contributed by atoms with Crippen molar-refractivity contribution in [3.63, 3.8) is 0 Å². The van der Waals surface area contributed by atoms with Crippen molar-refractivity contribution in [2.24, 2.45) is 0 Å². The van der Waals surface area contributed by atoms with Gasteiger partial charge in [-0.3, -0.25) is 4.68 Å². The smallest absolute Gasteiger partial charge is 0.0705 e. The first-order chi connectivity index (χ1) is 20.2. The Balaban J connectivity index is 1.56. The molecule has 0 bridgehead atoms. The molecule has 0 aliphatic heterocycles. The lowest BCUT2D eigenvalue weighted by atomic mass is 10.1. The number of allylic oxidation sites excluding steroid dienone is 3. The van der Waals surface area contributed by atoms with Crippen LogP contribution in [0.1, 0.15) is 6.92 Å². The van der Waals surface area contributed by atoms with E-state index in [2.05, 4.69) is 119 Å². The quantitative estimate of drug-likeness (QED) is 0.127. The molecule has 0 fully saturated rings. The van der Waals surface area contributed by atoms with E-state index in [1.807, 2.05) is 43.3 Å². The van der Waals surface area contributed by atoms with Crippen LogP contribution in [-0.2, 0) is 0 Å². The van der Waals surface area contributed by atoms with E-state index in [9.17, 15) is 0 Å². The van der Waals surface area contributed by atoms with Crippen LogP contribution in [0.4, 0.5) is 28.4 Å². The molecular weight excluding hydrogens is 500 g/mol. The molecule has 0 aliphatic carbocycles. The molecule has 2 N–H and O–H groups in total. The predicted molar refractivity (Wildman–Crippen MR) is 175 cm³/mol. The first kappa shape index (κ1) is 25.6. The topological polar surface area (TPSA) is 37.4 Å². The summed E-state index contributed by atoms with van der Waals surface area (Å²) in [5.74, 6) is 9.28. The molecule has 198 valence electrons. The van der Waals surface area contributed by atoms with Crippen molar-refractivity contribution in [1.29, 1.82) is 0 Å². The number of benzene rings is 5. The molecule has 6 rings (SSSR count). The maximum atomic E-state index is 6.66. The lowest BCUT2D eigenvalue weighted by Gasteiger charge is -2.26. The second-order valence-electron chi connectivity index (χ2n) is 9.66. The fourth-order valence-corrected chi connectivity index (χ4v) is 5.37. The van der Waals surface area contributed by atoms with Crippen LogP contribution in [0.5, 0.6) is 0 Å². The second-order valence-corrected chi connectivity index (χ2v) is 9.66. The first-order valence-corrected chi connectivity index (χ1v) is 13.6. The van der Waals surface area contributed by atoms with Crippen molar-refractivity contribution in [2.75, 3.05) is 15.6 Å². The average Bonchev–Trinajstić information content (AvgIpc) is 3.31. The van der Waals surface area contributed by atoms with Gasteiger partial charge in [0.25, 0.3) is 0 Å². The van der Waals surface area contributed by atoms with Gasteiger partial charge in [-0.15, -0.1) is 6.42 Å². The number of hydrogen-bond acceptors (Lipinski definition) is 3. The molecule has 4 heteroatoms. The number of anilines is 5. The molecule has 6 aromatic rings. The number of terminal acetylenes is 1. The Morgan fingerprint density at radius 2 is 1.15 bits per heavy atom. The summed E-state index contributed by atoms with van der Waals surface area (Å²) in [4.78, 5) is 4.47. The van der Waals surface area contributed by atoms with Crippen LogP contribution in [-0.4, -0.2) is 4.68 Å². The molecular formula is C37H30N4. The van der Waals surface area contributed by atoms with E-state index in [1.165, 1.54) is 0 Å². The van der Waals surface area contributed by atoms with Gasteiger partial charge in [0, 0.05) is 44.9 Å². The molecule has 5 aromatic carbocycles. The van der Waals surface area contributed by atoms with Gasteiger partial charge >= 0.3 is 0 Å². The summed E-state index contributed by atoms with van der Waals surface area (Å²) < 4.78 is 1.77. The summed E-state index contributed by atoms with van der Waals surface area (Å²) in [5, 5.41) is 2.15. The number of nitrogens with zero attached hydrogens (tertiary/aromatic N) is 3. The highest BCUT2D eigenvalue weighted by atomic mass is 15.3. The van der Waals surface area contributed by atoms with E-state index >= 15 is 0 Å². The summed E-state index contributed by atoms with van der Waals surface area (Å²) in [5.41, 5.74) is 8.18. The minimum absolute atomic E-state index is 0.959. The van der Waals surface area contributed by atoms with Gasteiger partial charge in [-0.2, -0.15) is 0 Å². The third-order valence-electron chi connectivity index (χ3n) is 7.23. The Bertz CT molecular complexity index is 1870. The number of nitrogen functional groups attached to an aromatic ring is 1. The highest BCUT2D eigenvalue weighted by molar-refractivity contribution is 6.11. The Morgan fingerprint density at radius 3 is 1.66 bits per heavy atom. The lowest BCUT2D eigenvalue weighted by molar-refractivity contribution is 1.12. The first-order valence-electron chi connectivity index (χ1n) is 13.6.